The van der Waals surface area contributed by atoms with Crippen molar-refractivity contribution in [2.24, 2.45) is 11.8 Å². The molecule has 1 rings (SSSR count). The molecular formula is C9H18V. The van der Waals surface area contributed by atoms with Crippen LogP contribution in [0.15, 0.2) is 0 Å². The van der Waals surface area contributed by atoms with Gasteiger partial charge in [-0.1, -0.05) is 46.0 Å². The Labute approximate surface area is 76.7 Å². The Bertz CT molecular complexity index is 72.8. The van der Waals surface area contributed by atoms with Crippen LogP contribution in [-0.4, -0.2) is 0 Å². The Morgan fingerprint density at radius 1 is 1.00 bits per heavy atom. The average Bonchev–Trinajstić information content (AvgIpc) is 1.90. The second-order valence-corrected chi connectivity index (χ2v) is 3.64. The van der Waals surface area contributed by atoms with Gasteiger partial charge in [0, 0.05) is 18.6 Å². The van der Waals surface area contributed by atoms with Crippen molar-refractivity contribution in [2.45, 2.75) is 46.0 Å². The minimum atomic E-state index is 0. The maximum atomic E-state index is 2.36. The SMILES string of the molecule is CC(C)C1CCCCC1.[V]. The van der Waals surface area contributed by atoms with Crippen molar-refractivity contribution < 1.29 is 18.6 Å². The summed E-state index contributed by atoms with van der Waals surface area (Å²) in [7, 11) is 0. The van der Waals surface area contributed by atoms with Crippen LogP contribution in [0.5, 0.6) is 0 Å². The fourth-order valence-electron chi connectivity index (χ4n) is 1.80. The van der Waals surface area contributed by atoms with Crippen LogP contribution in [0.25, 0.3) is 0 Å². The summed E-state index contributed by atoms with van der Waals surface area (Å²) < 4.78 is 0. The molecule has 0 heterocycles. The third-order valence-corrected chi connectivity index (χ3v) is 2.59. The summed E-state index contributed by atoms with van der Waals surface area (Å²) in [6, 6.07) is 0. The molecule has 0 unspecified atom stereocenters. The van der Waals surface area contributed by atoms with E-state index in [1.165, 1.54) is 32.1 Å². The van der Waals surface area contributed by atoms with Gasteiger partial charge in [0.15, 0.2) is 0 Å². The van der Waals surface area contributed by atoms with Gasteiger partial charge in [-0.3, -0.25) is 0 Å². The number of hydrogen-bond donors (Lipinski definition) is 0. The van der Waals surface area contributed by atoms with Crippen molar-refractivity contribution in [3.63, 3.8) is 0 Å². The van der Waals surface area contributed by atoms with E-state index in [-0.39, 0.29) is 18.6 Å². The largest absolute Gasteiger partial charge is 0.0625 e. The van der Waals surface area contributed by atoms with Crippen LogP contribution < -0.4 is 0 Å². The van der Waals surface area contributed by atoms with Gasteiger partial charge in [-0.2, -0.15) is 0 Å². The van der Waals surface area contributed by atoms with Gasteiger partial charge in [-0.05, 0) is 11.8 Å². The maximum Gasteiger partial charge on any atom is 0 e. The van der Waals surface area contributed by atoms with Crippen LogP contribution >= 0.6 is 0 Å². The van der Waals surface area contributed by atoms with Gasteiger partial charge in [-0.25, -0.2) is 0 Å². The summed E-state index contributed by atoms with van der Waals surface area (Å²) in [5, 5.41) is 0. The van der Waals surface area contributed by atoms with Crippen LogP contribution in [0.1, 0.15) is 46.0 Å². The molecule has 1 radical (unpaired) electrons. The third kappa shape index (κ3) is 3.12. The second-order valence-electron chi connectivity index (χ2n) is 3.64. The van der Waals surface area contributed by atoms with Crippen LogP contribution in [0, 0.1) is 11.8 Å². The molecule has 0 amide bonds. The predicted octanol–water partition coefficient (Wildman–Crippen LogP) is 3.22. The van der Waals surface area contributed by atoms with Crippen molar-refractivity contribution in [3.05, 3.63) is 0 Å². The van der Waals surface area contributed by atoms with E-state index in [0.29, 0.717) is 0 Å². The van der Waals surface area contributed by atoms with Crippen LogP contribution in [-0.2, 0) is 18.6 Å². The molecule has 0 atom stereocenters. The zero-order valence-corrected chi connectivity index (χ0v) is 8.53. The molecule has 0 saturated heterocycles. The number of rotatable bonds is 1. The summed E-state index contributed by atoms with van der Waals surface area (Å²) in [6.07, 6.45) is 7.46. The van der Waals surface area contributed by atoms with Gasteiger partial charge >= 0.3 is 0 Å². The molecule has 0 nitrogen and oxygen atoms in total. The summed E-state index contributed by atoms with van der Waals surface area (Å²) in [6.45, 7) is 4.71. The van der Waals surface area contributed by atoms with Gasteiger partial charge in [-0.15, -0.1) is 0 Å². The van der Waals surface area contributed by atoms with E-state index in [1.807, 2.05) is 0 Å². The van der Waals surface area contributed by atoms with Crippen molar-refractivity contribution in [3.8, 4) is 0 Å². The first kappa shape index (κ1) is 10.6. The van der Waals surface area contributed by atoms with Gasteiger partial charge in [0.05, 0.1) is 0 Å². The molecule has 10 heavy (non-hydrogen) atoms. The van der Waals surface area contributed by atoms with E-state index in [0.717, 1.165) is 11.8 Å². The first-order valence-electron chi connectivity index (χ1n) is 4.30. The zero-order chi connectivity index (χ0) is 6.69. The molecule has 0 bridgehead atoms. The molecular weight excluding hydrogens is 159 g/mol. The summed E-state index contributed by atoms with van der Waals surface area (Å²) in [5.74, 6) is 1.99. The average molecular weight is 177 g/mol. The van der Waals surface area contributed by atoms with E-state index in [1.54, 1.807) is 0 Å². The summed E-state index contributed by atoms with van der Waals surface area (Å²) in [5.41, 5.74) is 0. The molecule has 1 fully saturated rings. The Balaban J connectivity index is 0.000000810. The molecule has 0 aromatic rings. The smallest absolute Gasteiger partial charge is 0 e. The molecule has 0 aromatic carbocycles. The van der Waals surface area contributed by atoms with Gasteiger partial charge < -0.3 is 0 Å². The number of hydrogen-bond acceptors (Lipinski definition) is 0. The fraction of sp³-hybridized carbons (Fsp3) is 1.00. The maximum absolute atomic E-state index is 2.36. The Morgan fingerprint density at radius 3 is 1.80 bits per heavy atom. The second kappa shape index (κ2) is 5.26. The van der Waals surface area contributed by atoms with Gasteiger partial charge in [0.2, 0.25) is 0 Å². The normalized spacial score (nSPS) is 20.7. The third-order valence-electron chi connectivity index (χ3n) is 2.59. The van der Waals surface area contributed by atoms with Crippen molar-refractivity contribution in [1.82, 2.24) is 0 Å². The van der Waals surface area contributed by atoms with Crippen molar-refractivity contribution >= 4 is 0 Å². The van der Waals surface area contributed by atoms with Crippen LogP contribution in [0.4, 0.5) is 0 Å². The first-order valence-corrected chi connectivity index (χ1v) is 4.30. The topological polar surface area (TPSA) is 0 Å². The van der Waals surface area contributed by atoms with Crippen LogP contribution in [0.2, 0.25) is 0 Å². The fourth-order valence-corrected chi connectivity index (χ4v) is 1.80. The van der Waals surface area contributed by atoms with Crippen molar-refractivity contribution in [1.29, 1.82) is 0 Å². The first-order chi connectivity index (χ1) is 4.30. The van der Waals surface area contributed by atoms with E-state index in [2.05, 4.69) is 13.8 Å². The van der Waals surface area contributed by atoms with E-state index < -0.39 is 0 Å². The minimum Gasteiger partial charge on any atom is -0.0625 e. The quantitative estimate of drug-likeness (QED) is 0.576. The Kier molecular flexibility index (Phi) is 5.57. The summed E-state index contributed by atoms with van der Waals surface area (Å²) >= 11 is 0. The van der Waals surface area contributed by atoms with Crippen LogP contribution in [0.3, 0.4) is 0 Å². The van der Waals surface area contributed by atoms with Crippen molar-refractivity contribution in [2.75, 3.05) is 0 Å². The molecule has 0 aromatic heterocycles. The molecule has 1 saturated carbocycles. The van der Waals surface area contributed by atoms with Gasteiger partial charge in [0.1, 0.15) is 0 Å². The van der Waals surface area contributed by atoms with E-state index in [9.17, 15) is 0 Å². The Morgan fingerprint density at radius 2 is 1.50 bits per heavy atom. The molecule has 0 N–H and O–H groups in total. The molecule has 1 heteroatoms. The molecule has 1 aliphatic rings. The molecule has 1 aliphatic carbocycles. The van der Waals surface area contributed by atoms with E-state index >= 15 is 0 Å². The Hall–Kier alpha value is 0.584. The molecule has 0 spiro atoms. The molecule has 59 valence electrons. The monoisotopic (exact) mass is 177 g/mol. The van der Waals surface area contributed by atoms with E-state index in [4.69, 9.17) is 0 Å². The van der Waals surface area contributed by atoms with Gasteiger partial charge in [0.25, 0.3) is 0 Å². The molecule has 0 aliphatic heterocycles. The summed E-state index contributed by atoms with van der Waals surface area (Å²) in [4.78, 5) is 0. The predicted molar refractivity (Wildman–Crippen MR) is 41.4 cm³/mol. The minimum absolute atomic E-state index is 0. The zero-order valence-electron chi connectivity index (χ0n) is 7.14. The standard InChI is InChI=1S/C9H18.V/c1-8(2)9-6-4-3-5-7-9;/h8-9H,3-7H2,1-2H3;.